The van der Waals surface area contributed by atoms with Crippen LogP contribution in [0.1, 0.15) is 37.2 Å². The molecule has 0 heterocycles. The van der Waals surface area contributed by atoms with E-state index in [9.17, 15) is 4.79 Å². The van der Waals surface area contributed by atoms with Crippen LogP contribution in [0.3, 0.4) is 0 Å². The number of hydrogen-bond acceptors (Lipinski definition) is 1. The molecule has 0 aliphatic heterocycles. The zero-order chi connectivity index (χ0) is 11.4. The molecule has 0 bridgehead atoms. The monoisotopic (exact) mass is 216 g/mol. The van der Waals surface area contributed by atoms with E-state index in [4.69, 9.17) is 0 Å². The minimum atomic E-state index is 0.400. The van der Waals surface area contributed by atoms with E-state index in [-0.39, 0.29) is 0 Å². The zero-order valence-corrected chi connectivity index (χ0v) is 9.73. The van der Waals surface area contributed by atoms with Crippen molar-refractivity contribution in [3.8, 4) is 0 Å². The first-order chi connectivity index (χ1) is 7.81. The minimum Gasteiger partial charge on any atom is -0.335 e. The predicted octanol–water partition coefficient (Wildman–Crippen LogP) is 2.71. The SMILES string of the molecule is CN([C]=O)C1CCC(c2ccccc2)CC1. The summed E-state index contributed by atoms with van der Waals surface area (Å²) < 4.78 is 0. The van der Waals surface area contributed by atoms with Gasteiger partial charge in [-0.2, -0.15) is 0 Å². The van der Waals surface area contributed by atoms with Crippen LogP contribution in [0, 0.1) is 0 Å². The molecule has 1 amide bonds. The molecule has 1 aliphatic rings. The van der Waals surface area contributed by atoms with Crippen LogP contribution in [0.2, 0.25) is 0 Å². The average Bonchev–Trinajstić information content (AvgIpc) is 2.39. The number of carbonyl (C=O) groups excluding carboxylic acids is 1. The molecule has 2 nitrogen and oxygen atoms in total. The van der Waals surface area contributed by atoms with Gasteiger partial charge in [-0.15, -0.1) is 0 Å². The molecule has 0 atom stereocenters. The summed E-state index contributed by atoms with van der Waals surface area (Å²) in [6, 6.07) is 11.1. The van der Waals surface area contributed by atoms with Gasteiger partial charge in [-0.25, -0.2) is 0 Å². The first kappa shape index (κ1) is 11.2. The molecule has 0 aromatic heterocycles. The van der Waals surface area contributed by atoms with E-state index in [1.54, 1.807) is 4.90 Å². The van der Waals surface area contributed by atoms with Crippen molar-refractivity contribution in [2.75, 3.05) is 7.05 Å². The van der Waals surface area contributed by atoms with Crippen molar-refractivity contribution in [2.45, 2.75) is 37.6 Å². The maximum absolute atomic E-state index is 10.6. The molecule has 1 fully saturated rings. The number of nitrogens with zero attached hydrogens (tertiary/aromatic N) is 1. The minimum absolute atomic E-state index is 0.400. The molecule has 1 radical (unpaired) electrons. The third-order valence-corrected chi connectivity index (χ3v) is 3.66. The molecule has 0 N–H and O–H groups in total. The molecule has 2 rings (SSSR count). The van der Waals surface area contributed by atoms with Crippen molar-refractivity contribution in [1.82, 2.24) is 4.90 Å². The van der Waals surface area contributed by atoms with Gasteiger partial charge in [0.15, 0.2) is 0 Å². The normalized spacial score (nSPS) is 25.1. The summed E-state index contributed by atoms with van der Waals surface area (Å²) in [6.07, 6.45) is 6.54. The smallest absolute Gasteiger partial charge is 0.312 e. The largest absolute Gasteiger partial charge is 0.335 e. The van der Waals surface area contributed by atoms with Crippen LogP contribution >= 0.6 is 0 Å². The summed E-state index contributed by atoms with van der Waals surface area (Å²) >= 11 is 0. The Kier molecular flexibility index (Phi) is 3.60. The summed E-state index contributed by atoms with van der Waals surface area (Å²) in [5, 5.41) is 0. The predicted molar refractivity (Wildman–Crippen MR) is 64.9 cm³/mol. The Balaban J connectivity index is 1.93. The number of benzene rings is 1. The highest BCUT2D eigenvalue weighted by Crippen LogP contribution is 2.33. The fourth-order valence-electron chi connectivity index (χ4n) is 2.60. The van der Waals surface area contributed by atoms with Crippen LogP contribution in [0.15, 0.2) is 30.3 Å². The third-order valence-electron chi connectivity index (χ3n) is 3.66. The Morgan fingerprint density at radius 3 is 2.31 bits per heavy atom. The average molecular weight is 216 g/mol. The molecular weight excluding hydrogens is 198 g/mol. The molecule has 0 unspecified atom stereocenters. The third kappa shape index (κ3) is 2.43. The van der Waals surface area contributed by atoms with Crippen LogP contribution in [-0.2, 0) is 4.79 Å². The highest BCUT2D eigenvalue weighted by atomic mass is 16.1. The van der Waals surface area contributed by atoms with Gasteiger partial charge in [0.1, 0.15) is 0 Å². The summed E-state index contributed by atoms with van der Waals surface area (Å²) in [5.41, 5.74) is 1.44. The quantitative estimate of drug-likeness (QED) is 0.711. The zero-order valence-electron chi connectivity index (χ0n) is 9.73. The molecule has 1 aromatic carbocycles. The van der Waals surface area contributed by atoms with E-state index in [1.807, 2.05) is 13.5 Å². The molecule has 85 valence electrons. The molecule has 16 heavy (non-hydrogen) atoms. The topological polar surface area (TPSA) is 20.3 Å². The summed E-state index contributed by atoms with van der Waals surface area (Å²) in [6.45, 7) is 0. The summed E-state index contributed by atoms with van der Waals surface area (Å²) in [4.78, 5) is 12.3. The van der Waals surface area contributed by atoms with E-state index < -0.39 is 0 Å². The van der Waals surface area contributed by atoms with Crippen LogP contribution in [-0.4, -0.2) is 24.4 Å². The van der Waals surface area contributed by atoms with E-state index >= 15 is 0 Å². The molecule has 1 aliphatic carbocycles. The fraction of sp³-hybridized carbons (Fsp3) is 0.500. The Labute approximate surface area is 97.3 Å². The second-order valence-electron chi connectivity index (χ2n) is 4.62. The van der Waals surface area contributed by atoms with E-state index in [1.165, 1.54) is 18.4 Å². The van der Waals surface area contributed by atoms with Crippen molar-refractivity contribution < 1.29 is 4.79 Å². The number of rotatable bonds is 3. The van der Waals surface area contributed by atoms with E-state index in [2.05, 4.69) is 30.3 Å². The Morgan fingerprint density at radius 1 is 1.12 bits per heavy atom. The lowest BCUT2D eigenvalue weighted by Crippen LogP contribution is -2.33. The van der Waals surface area contributed by atoms with Crippen LogP contribution in [0.4, 0.5) is 0 Å². The highest BCUT2D eigenvalue weighted by molar-refractivity contribution is 5.48. The van der Waals surface area contributed by atoms with Crippen molar-refractivity contribution in [1.29, 1.82) is 0 Å². The van der Waals surface area contributed by atoms with Crippen LogP contribution in [0.5, 0.6) is 0 Å². The summed E-state index contributed by atoms with van der Waals surface area (Å²) in [5.74, 6) is 0.678. The van der Waals surface area contributed by atoms with Gasteiger partial charge >= 0.3 is 6.41 Å². The standard InChI is InChI=1S/C14H18NO/c1-15(11-16)14-9-7-13(8-10-14)12-5-3-2-4-6-12/h2-6,13-14H,7-10H2,1H3. The molecule has 0 saturated heterocycles. The van der Waals surface area contributed by atoms with Crippen LogP contribution < -0.4 is 0 Å². The van der Waals surface area contributed by atoms with Crippen molar-refractivity contribution >= 4 is 6.41 Å². The van der Waals surface area contributed by atoms with Gasteiger partial charge in [0, 0.05) is 13.1 Å². The highest BCUT2D eigenvalue weighted by Gasteiger charge is 2.24. The molecule has 2 heteroatoms. The molecule has 0 spiro atoms. The second kappa shape index (κ2) is 5.15. The van der Waals surface area contributed by atoms with Gasteiger partial charge < -0.3 is 4.90 Å². The van der Waals surface area contributed by atoms with E-state index in [0.717, 1.165) is 12.8 Å². The lowest BCUT2D eigenvalue weighted by atomic mass is 9.81. The summed E-state index contributed by atoms with van der Waals surface area (Å²) in [7, 11) is 1.83. The Bertz CT molecular complexity index is 328. The lowest BCUT2D eigenvalue weighted by molar-refractivity contribution is 0.252. The Hall–Kier alpha value is -1.31. The number of hydrogen-bond donors (Lipinski definition) is 0. The molecule has 1 saturated carbocycles. The lowest BCUT2D eigenvalue weighted by Gasteiger charge is -2.32. The first-order valence-corrected chi connectivity index (χ1v) is 5.97. The van der Waals surface area contributed by atoms with Gasteiger partial charge in [0.2, 0.25) is 0 Å². The van der Waals surface area contributed by atoms with Gasteiger partial charge in [-0.05, 0) is 37.2 Å². The Morgan fingerprint density at radius 2 is 1.75 bits per heavy atom. The maximum atomic E-state index is 10.6. The molecule has 1 aromatic rings. The number of amides is 1. The van der Waals surface area contributed by atoms with E-state index in [0.29, 0.717) is 12.0 Å². The van der Waals surface area contributed by atoms with Gasteiger partial charge in [0.25, 0.3) is 0 Å². The van der Waals surface area contributed by atoms with Gasteiger partial charge in [0.05, 0.1) is 0 Å². The van der Waals surface area contributed by atoms with Crippen molar-refractivity contribution in [2.24, 2.45) is 0 Å². The fourth-order valence-corrected chi connectivity index (χ4v) is 2.60. The van der Waals surface area contributed by atoms with Crippen LogP contribution in [0.25, 0.3) is 0 Å². The maximum Gasteiger partial charge on any atom is 0.312 e. The second-order valence-corrected chi connectivity index (χ2v) is 4.62. The molecular formula is C14H18NO. The van der Waals surface area contributed by atoms with Gasteiger partial charge in [-0.3, -0.25) is 4.79 Å². The van der Waals surface area contributed by atoms with Gasteiger partial charge in [-0.1, -0.05) is 30.3 Å². The van der Waals surface area contributed by atoms with Crippen molar-refractivity contribution in [3.05, 3.63) is 35.9 Å². The van der Waals surface area contributed by atoms with Crippen molar-refractivity contribution in [3.63, 3.8) is 0 Å². The first-order valence-electron chi connectivity index (χ1n) is 5.97.